The number of hydrogen-bond donors (Lipinski definition) is 2. The second-order valence-corrected chi connectivity index (χ2v) is 7.83. The summed E-state index contributed by atoms with van der Waals surface area (Å²) >= 11 is 6.61. The Labute approximate surface area is 139 Å². The second-order valence-electron chi connectivity index (χ2n) is 5.06. The normalized spacial score (nSPS) is 14.0. The van der Waals surface area contributed by atoms with E-state index in [1.807, 2.05) is 24.3 Å². The molecule has 0 unspecified atom stereocenters. The highest BCUT2D eigenvalue weighted by Crippen LogP contribution is 2.45. The molecule has 1 aromatic heterocycles. The Morgan fingerprint density at radius 3 is 2.62 bits per heavy atom. The first-order valence-corrected chi connectivity index (χ1v) is 8.12. The maximum Gasteiger partial charge on any atom is 0.146 e. The molecule has 0 bridgehead atoms. The Hall–Kier alpha value is -1.40. The molecule has 0 amide bonds. The van der Waals surface area contributed by atoms with E-state index >= 15 is 0 Å². The third-order valence-electron chi connectivity index (χ3n) is 3.41. The summed E-state index contributed by atoms with van der Waals surface area (Å²) in [6, 6.07) is 7.34. The molecule has 1 aromatic carbocycles. The van der Waals surface area contributed by atoms with Crippen LogP contribution in [0.4, 0.5) is 5.82 Å². The summed E-state index contributed by atoms with van der Waals surface area (Å²) in [7, 11) is 0. The molecule has 1 aliphatic carbocycles. The van der Waals surface area contributed by atoms with Crippen molar-refractivity contribution in [3.05, 3.63) is 38.8 Å². The third kappa shape index (κ3) is 3.27. The van der Waals surface area contributed by atoms with Crippen LogP contribution in [0.2, 0.25) is 0 Å². The van der Waals surface area contributed by atoms with Crippen molar-refractivity contribution in [3.8, 4) is 17.0 Å². The van der Waals surface area contributed by atoms with Crippen LogP contribution < -0.4 is 5.73 Å². The minimum atomic E-state index is 0.186. The molecule has 3 rings (SSSR count). The lowest BCUT2D eigenvalue weighted by atomic mass is 10.0. The van der Waals surface area contributed by atoms with E-state index in [1.165, 1.54) is 0 Å². The minimum Gasteiger partial charge on any atom is -0.507 e. The van der Waals surface area contributed by atoms with Crippen LogP contribution in [0.5, 0.6) is 5.75 Å². The van der Waals surface area contributed by atoms with Crippen molar-refractivity contribution in [2.24, 2.45) is 0 Å². The van der Waals surface area contributed by atoms with Crippen LogP contribution in [0.25, 0.3) is 17.3 Å². The van der Waals surface area contributed by atoms with Crippen LogP contribution in [-0.2, 0) is 0 Å². The molecule has 1 aliphatic rings. The fraction of sp³-hybridized carbons (Fsp3) is 0.200. The average molecular weight is 411 g/mol. The van der Waals surface area contributed by atoms with Gasteiger partial charge in [0, 0.05) is 5.56 Å². The maximum absolute atomic E-state index is 10.3. The molecule has 108 valence electrons. The molecule has 1 saturated carbocycles. The van der Waals surface area contributed by atoms with Crippen molar-refractivity contribution in [2.45, 2.75) is 18.8 Å². The van der Waals surface area contributed by atoms with E-state index in [4.69, 9.17) is 5.73 Å². The monoisotopic (exact) mass is 409 g/mol. The highest BCUT2D eigenvalue weighted by atomic mass is 79.9. The lowest BCUT2D eigenvalue weighted by molar-refractivity contribution is 0.477. The zero-order valence-corrected chi connectivity index (χ0v) is 14.2. The molecule has 1 fully saturated rings. The number of phenols is 1. The van der Waals surface area contributed by atoms with Gasteiger partial charge in [0.05, 0.1) is 3.39 Å². The summed E-state index contributed by atoms with van der Waals surface area (Å²) in [5, 5.41) is 18.4. The summed E-state index contributed by atoms with van der Waals surface area (Å²) in [6.07, 6.45) is 4.13. The molecular weight excluding hydrogens is 398 g/mol. The van der Waals surface area contributed by atoms with Crippen LogP contribution in [0, 0.1) is 0 Å². The third-order valence-corrected chi connectivity index (χ3v) is 3.87. The van der Waals surface area contributed by atoms with Crippen molar-refractivity contribution >= 4 is 43.8 Å². The van der Waals surface area contributed by atoms with E-state index in [9.17, 15) is 5.11 Å². The summed E-state index contributed by atoms with van der Waals surface area (Å²) in [4.78, 5) is 0. The lowest BCUT2D eigenvalue weighted by Crippen LogP contribution is -1.99. The molecule has 2 aromatic rings. The highest BCUT2D eigenvalue weighted by molar-refractivity contribution is 9.28. The fourth-order valence-electron chi connectivity index (χ4n) is 2.30. The number of benzene rings is 1. The van der Waals surface area contributed by atoms with Gasteiger partial charge in [-0.25, -0.2) is 0 Å². The molecule has 4 nitrogen and oxygen atoms in total. The molecular formula is C15H13Br2N3O. The quantitative estimate of drug-likeness (QED) is 0.786. The van der Waals surface area contributed by atoms with Gasteiger partial charge in [-0.2, -0.15) is 0 Å². The van der Waals surface area contributed by atoms with Gasteiger partial charge in [0.15, 0.2) is 0 Å². The van der Waals surface area contributed by atoms with E-state index in [1.54, 1.807) is 6.07 Å². The molecule has 21 heavy (non-hydrogen) atoms. The number of phenolic OH excluding ortho intramolecular Hbond substituents is 1. The van der Waals surface area contributed by atoms with Crippen LogP contribution in [0.3, 0.4) is 0 Å². The topological polar surface area (TPSA) is 72.0 Å². The Morgan fingerprint density at radius 2 is 2.00 bits per heavy atom. The van der Waals surface area contributed by atoms with E-state index < -0.39 is 0 Å². The lowest BCUT2D eigenvalue weighted by Gasteiger charge is -2.10. The summed E-state index contributed by atoms with van der Waals surface area (Å²) in [6.45, 7) is 0. The number of halogens is 2. The Kier molecular flexibility index (Phi) is 3.99. The number of aromatic hydroxyl groups is 1. The minimum absolute atomic E-state index is 0.186. The predicted octanol–water partition coefficient (Wildman–Crippen LogP) is 4.40. The molecule has 0 radical (unpaired) electrons. The Balaban J connectivity index is 2.07. The van der Waals surface area contributed by atoms with Gasteiger partial charge in [-0.05, 0) is 86.0 Å². The predicted molar refractivity (Wildman–Crippen MR) is 91.4 cm³/mol. The average Bonchev–Trinajstić information content (AvgIpc) is 3.23. The summed E-state index contributed by atoms with van der Waals surface area (Å²) in [5.74, 6) is 1.09. The standard InChI is InChI=1S/C15H13Br2N3O/c16-13(17)6-8-1-4-10(12(21)5-8)15-11(9-2-3-9)7-14(18)19-20-15/h1,4-7,9,21H,2-3H2,(H2,18,19). The van der Waals surface area contributed by atoms with Crippen LogP contribution in [-0.4, -0.2) is 15.3 Å². The van der Waals surface area contributed by atoms with Crippen molar-refractivity contribution in [2.75, 3.05) is 5.73 Å². The van der Waals surface area contributed by atoms with Crippen LogP contribution in [0.15, 0.2) is 27.7 Å². The van der Waals surface area contributed by atoms with Crippen molar-refractivity contribution in [1.82, 2.24) is 10.2 Å². The van der Waals surface area contributed by atoms with Gasteiger partial charge in [-0.3, -0.25) is 0 Å². The van der Waals surface area contributed by atoms with Crippen LogP contribution >= 0.6 is 31.9 Å². The Bertz CT molecular complexity index is 723. The SMILES string of the molecule is Nc1cc(C2CC2)c(-c2ccc(C=C(Br)Br)cc2O)nn1. The van der Waals surface area contributed by atoms with Gasteiger partial charge in [-0.1, -0.05) is 6.07 Å². The zero-order chi connectivity index (χ0) is 15.0. The molecule has 0 atom stereocenters. The van der Waals surface area contributed by atoms with E-state index in [0.717, 1.165) is 33.1 Å². The van der Waals surface area contributed by atoms with E-state index in [2.05, 4.69) is 42.1 Å². The number of nitrogens with two attached hydrogens (primary N) is 1. The van der Waals surface area contributed by atoms with Crippen molar-refractivity contribution in [1.29, 1.82) is 0 Å². The zero-order valence-electron chi connectivity index (χ0n) is 11.1. The van der Waals surface area contributed by atoms with Gasteiger partial charge >= 0.3 is 0 Å². The molecule has 0 spiro atoms. The summed E-state index contributed by atoms with van der Waals surface area (Å²) in [5.41, 5.74) is 9.10. The first kappa shape index (κ1) is 14.5. The van der Waals surface area contributed by atoms with Gasteiger partial charge in [0.25, 0.3) is 0 Å². The van der Waals surface area contributed by atoms with Crippen LogP contribution in [0.1, 0.15) is 29.9 Å². The Morgan fingerprint density at radius 1 is 1.24 bits per heavy atom. The van der Waals surface area contributed by atoms with Crippen molar-refractivity contribution in [3.63, 3.8) is 0 Å². The van der Waals surface area contributed by atoms with Gasteiger partial charge in [0.2, 0.25) is 0 Å². The molecule has 0 aliphatic heterocycles. The number of nitrogens with zero attached hydrogens (tertiary/aromatic N) is 2. The number of anilines is 1. The van der Waals surface area contributed by atoms with Gasteiger partial charge < -0.3 is 10.8 Å². The number of nitrogen functional groups attached to an aromatic ring is 1. The smallest absolute Gasteiger partial charge is 0.146 e. The first-order valence-electron chi connectivity index (χ1n) is 6.54. The summed E-state index contributed by atoms with van der Waals surface area (Å²) < 4.78 is 0.813. The van der Waals surface area contributed by atoms with Gasteiger partial charge in [-0.15, -0.1) is 10.2 Å². The first-order chi connectivity index (χ1) is 10.0. The van der Waals surface area contributed by atoms with E-state index in [0.29, 0.717) is 17.3 Å². The van der Waals surface area contributed by atoms with Crippen molar-refractivity contribution < 1.29 is 5.11 Å². The fourth-order valence-corrected chi connectivity index (χ4v) is 2.83. The largest absolute Gasteiger partial charge is 0.507 e. The van der Waals surface area contributed by atoms with Gasteiger partial charge in [0.1, 0.15) is 17.3 Å². The number of aromatic nitrogens is 2. The molecule has 3 N–H and O–H groups in total. The second kappa shape index (κ2) is 5.77. The number of rotatable bonds is 3. The molecule has 0 saturated heterocycles. The van der Waals surface area contributed by atoms with E-state index in [-0.39, 0.29) is 5.75 Å². The molecule has 6 heteroatoms. The highest BCUT2D eigenvalue weighted by Gasteiger charge is 2.28. The maximum atomic E-state index is 10.3. The number of hydrogen-bond acceptors (Lipinski definition) is 4. The molecule has 1 heterocycles.